The number of ether oxygens (including phenoxy) is 2. The Morgan fingerprint density at radius 1 is 1.36 bits per heavy atom. The zero-order valence-electron chi connectivity index (χ0n) is 15.6. The SMILES string of the molecule is COc1cccc(C(=O)Cn2c(=O)c(C)cn([C@H]3C[C@H](O)[C@@H](CO)O3)c2=O)c1. The van der Waals surface area contributed by atoms with Gasteiger partial charge in [0.1, 0.15) is 18.1 Å². The van der Waals surface area contributed by atoms with E-state index in [0.29, 0.717) is 11.3 Å². The minimum Gasteiger partial charge on any atom is -0.497 e. The Kier molecular flexibility index (Phi) is 5.78. The maximum absolute atomic E-state index is 12.8. The van der Waals surface area contributed by atoms with Gasteiger partial charge in [-0.15, -0.1) is 0 Å². The number of aliphatic hydroxyl groups excluding tert-OH is 2. The standard InChI is InChI=1S/C19H22N2O7/c1-11-8-20(17-7-14(23)16(10-22)28-17)19(26)21(18(11)25)9-15(24)12-4-3-5-13(6-12)27-2/h3-6,8,14,16-17,22-23H,7,9-10H2,1-2H3/t14-,16+,17+/m0/s1. The summed E-state index contributed by atoms with van der Waals surface area (Å²) in [5.41, 5.74) is -0.729. The number of hydrogen-bond acceptors (Lipinski definition) is 7. The number of rotatable bonds is 6. The Morgan fingerprint density at radius 3 is 2.75 bits per heavy atom. The molecule has 0 saturated carbocycles. The molecule has 1 aromatic heterocycles. The van der Waals surface area contributed by atoms with Crippen molar-refractivity contribution in [3.8, 4) is 5.75 Å². The van der Waals surface area contributed by atoms with Gasteiger partial charge in [0.25, 0.3) is 5.56 Å². The molecule has 1 aliphatic rings. The second-order valence-corrected chi connectivity index (χ2v) is 6.66. The molecule has 2 heterocycles. The zero-order valence-corrected chi connectivity index (χ0v) is 15.6. The van der Waals surface area contributed by atoms with Crippen molar-refractivity contribution in [3.63, 3.8) is 0 Å². The number of Topliss-reactive ketones (excluding diaryl/α,β-unsaturated/α-hetero) is 1. The van der Waals surface area contributed by atoms with E-state index < -0.39 is 42.0 Å². The number of nitrogens with zero attached hydrogens (tertiary/aromatic N) is 2. The van der Waals surface area contributed by atoms with E-state index in [-0.39, 0.29) is 18.6 Å². The van der Waals surface area contributed by atoms with Gasteiger partial charge in [0.15, 0.2) is 5.78 Å². The zero-order chi connectivity index (χ0) is 20.4. The number of carbonyl (C=O) groups is 1. The highest BCUT2D eigenvalue weighted by molar-refractivity contribution is 5.96. The Morgan fingerprint density at radius 2 is 2.11 bits per heavy atom. The van der Waals surface area contributed by atoms with E-state index in [1.165, 1.54) is 30.9 Å². The lowest BCUT2D eigenvalue weighted by Gasteiger charge is -2.17. The van der Waals surface area contributed by atoms with Crippen molar-refractivity contribution in [1.29, 1.82) is 0 Å². The quantitative estimate of drug-likeness (QED) is 0.658. The van der Waals surface area contributed by atoms with Crippen LogP contribution in [0.4, 0.5) is 0 Å². The van der Waals surface area contributed by atoms with Crippen LogP contribution in [0.15, 0.2) is 40.1 Å². The van der Waals surface area contributed by atoms with Gasteiger partial charge in [-0.3, -0.25) is 18.7 Å². The molecule has 0 aliphatic carbocycles. The van der Waals surface area contributed by atoms with E-state index in [4.69, 9.17) is 9.47 Å². The fourth-order valence-corrected chi connectivity index (χ4v) is 3.19. The summed E-state index contributed by atoms with van der Waals surface area (Å²) >= 11 is 0. The Hall–Kier alpha value is -2.75. The van der Waals surface area contributed by atoms with Gasteiger partial charge in [0.05, 0.1) is 26.4 Å². The predicted molar refractivity (Wildman–Crippen MR) is 98.6 cm³/mol. The molecule has 9 heteroatoms. The van der Waals surface area contributed by atoms with Crippen LogP contribution >= 0.6 is 0 Å². The van der Waals surface area contributed by atoms with E-state index in [0.717, 1.165) is 4.57 Å². The van der Waals surface area contributed by atoms with Crippen LogP contribution < -0.4 is 16.0 Å². The molecule has 0 radical (unpaired) electrons. The molecule has 0 spiro atoms. The number of methoxy groups -OCH3 is 1. The first-order valence-electron chi connectivity index (χ1n) is 8.80. The largest absolute Gasteiger partial charge is 0.497 e. The van der Waals surface area contributed by atoms with E-state index in [2.05, 4.69) is 0 Å². The molecule has 1 saturated heterocycles. The summed E-state index contributed by atoms with van der Waals surface area (Å²) in [4.78, 5) is 37.9. The molecule has 1 fully saturated rings. The molecule has 0 amide bonds. The maximum Gasteiger partial charge on any atom is 0.333 e. The van der Waals surface area contributed by atoms with E-state index >= 15 is 0 Å². The van der Waals surface area contributed by atoms with Crippen LogP contribution in [0.5, 0.6) is 5.75 Å². The smallest absolute Gasteiger partial charge is 0.333 e. The number of benzene rings is 1. The summed E-state index contributed by atoms with van der Waals surface area (Å²) in [6.45, 7) is 0.699. The third kappa shape index (κ3) is 3.77. The summed E-state index contributed by atoms with van der Waals surface area (Å²) in [6.07, 6.45) is -1.14. The van der Waals surface area contributed by atoms with Crippen molar-refractivity contribution in [1.82, 2.24) is 9.13 Å². The lowest BCUT2D eigenvalue weighted by molar-refractivity contribution is -0.0463. The molecule has 150 valence electrons. The topological polar surface area (TPSA) is 120 Å². The highest BCUT2D eigenvalue weighted by Gasteiger charge is 2.35. The third-order valence-electron chi connectivity index (χ3n) is 4.75. The highest BCUT2D eigenvalue weighted by Crippen LogP contribution is 2.27. The monoisotopic (exact) mass is 390 g/mol. The summed E-state index contributed by atoms with van der Waals surface area (Å²) in [5, 5.41) is 19.1. The molecule has 2 N–H and O–H groups in total. The Labute approximate surface area is 160 Å². The fourth-order valence-electron chi connectivity index (χ4n) is 3.19. The van der Waals surface area contributed by atoms with Crippen molar-refractivity contribution >= 4 is 5.78 Å². The Balaban J connectivity index is 1.95. The summed E-state index contributed by atoms with van der Waals surface area (Å²) in [7, 11) is 1.48. The fraction of sp³-hybridized carbons (Fsp3) is 0.421. The third-order valence-corrected chi connectivity index (χ3v) is 4.75. The minimum atomic E-state index is -0.930. The lowest BCUT2D eigenvalue weighted by Crippen LogP contribution is -2.43. The van der Waals surface area contributed by atoms with E-state index in [1.807, 2.05) is 0 Å². The molecule has 0 bridgehead atoms. The summed E-state index contributed by atoms with van der Waals surface area (Å²) in [6, 6.07) is 6.44. The van der Waals surface area contributed by atoms with E-state index in [9.17, 15) is 24.6 Å². The first kappa shape index (κ1) is 20.0. The second-order valence-electron chi connectivity index (χ2n) is 6.66. The van der Waals surface area contributed by atoms with Gasteiger partial charge in [0.2, 0.25) is 0 Å². The molecule has 9 nitrogen and oxygen atoms in total. The number of hydrogen-bond donors (Lipinski definition) is 2. The number of carbonyl (C=O) groups excluding carboxylic acids is 1. The van der Waals surface area contributed by atoms with E-state index in [1.54, 1.807) is 18.2 Å². The number of ketones is 1. The van der Waals surface area contributed by atoms with Crippen LogP contribution in [-0.2, 0) is 11.3 Å². The van der Waals surface area contributed by atoms with Crippen molar-refractivity contribution < 1.29 is 24.5 Å². The molecule has 1 aromatic carbocycles. The van der Waals surface area contributed by atoms with Crippen LogP contribution in [0.2, 0.25) is 0 Å². The first-order valence-corrected chi connectivity index (χ1v) is 8.80. The average Bonchev–Trinajstić information content (AvgIpc) is 3.08. The molecule has 28 heavy (non-hydrogen) atoms. The number of aromatic nitrogens is 2. The van der Waals surface area contributed by atoms with Crippen LogP contribution in [0.25, 0.3) is 0 Å². The van der Waals surface area contributed by atoms with Crippen LogP contribution in [-0.4, -0.2) is 51.1 Å². The van der Waals surface area contributed by atoms with Gasteiger partial charge in [-0.25, -0.2) is 4.79 Å². The van der Waals surface area contributed by atoms with Crippen LogP contribution in [0.3, 0.4) is 0 Å². The molecule has 1 aliphatic heterocycles. The number of aliphatic hydroxyl groups is 2. The van der Waals surface area contributed by atoms with Gasteiger partial charge in [-0.1, -0.05) is 12.1 Å². The van der Waals surface area contributed by atoms with Crippen LogP contribution in [0.1, 0.15) is 28.6 Å². The molecular formula is C19H22N2O7. The molecular weight excluding hydrogens is 368 g/mol. The summed E-state index contributed by atoms with van der Waals surface area (Å²) in [5.74, 6) is 0.0686. The van der Waals surface area contributed by atoms with Crippen molar-refractivity contribution in [2.24, 2.45) is 0 Å². The number of aryl methyl sites for hydroxylation is 1. The minimum absolute atomic E-state index is 0.0899. The molecule has 3 atom stereocenters. The predicted octanol–water partition coefficient (Wildman–Crippen LogP) is -0.149. The van der Waals surface area contributed by atoms with Gasteiger partial charge in [-0.05, 0) is 19.1 Å². The molecule has 2 aromatic rings. The summed E-state index contributed by atoms with van der Waals surface area (Å²) < 4.78 is 12.6. The van der Waals surface area contributed by atoms with Crippen molar-refractivity contribution in [2.45, 2.75) is 38.3 Å². The normalized spacial score (nSPS) is 21.6. The van der Waals surface area contributed by atoms with Crippen LogP contribution in [0, 0.1) is 6.92 Å². The van der Waals surface area contributed by atoms with Gasteiger partial charge >= 0.3 is 5.69 Å². The molecule has 0 unspecified atom stereocenters. The van der Waals surface area contributed by atoms with Gasteiger partial charge in [-0.2, -0.15) is 0 Å². The van der Waals surface area contributed by atoms with Gasteiger partial charge < -0.3 is 19.7 Å². The van der Waals surface area contributed by atoms with Crippen molar-refractivity contribution in [2.75, 3.05) is 13.7 Å². The second kappa shape index (κ2) is 8.09. The Bertz CT molecular complexity index is 995. The molecule has 3 rings (SSSR count). The maximum atomic E-state index is 12.8. The van der Waals surface area contributed by atoms with Gasteiger partial charge in [0, 0.05) is 23.7 Å². The highest BCUT2D eigenvalue weighted by atomic mass is 16.5. The first-order chi connectivity index (χ1) is 13.3. The average molecular weight is 390 g/mol. The lowest BCUT2D eigenvalue weighted by atomic mass is 10.1. The van der Waals surface area contributed by atoms with Crippen molar-refractivity contribution in [3.05, 3.63) is 62.4 Å².